The van der Waals surface area contributed by atoms with Gasteiger partial charge in [0.1, 0.15) is 0 Å². The fourth-order valence-corrected chi connectivity index (χ4v) is 3.85. The molecule has 9 heteroatoms. The number of carbonyl (C=O) groups excluding carboxylic acids is 1. The van der Waals surface area contributed by atoms with Crippen LogP contribution in [-0.4, -0.2) is 77.6 Å². The van der Waals surface area contributed by atoms with Crippen molar-refractivity contribution >= 4 is 15.9 Å². The van der Waals surface area contributed by atoms with E-state index in [1.54, 1.807) is 11.8 Å². The molecule has 1 N–H and O–H groups in total. The topological polar surface area (TPSA) is 88.2 Å². The predicted octanol–water partition coefficient (Wildman–Crippen LogP) is 0.145. The molecule has 1 amide bonds. The second kappa shape index (κ2) is 8.03. The lowest BCUT2D eigenvalue weighted by Crippen LogP contribution is -2.53. The van der Waals surface area contributed by atoms with E-state index in [0.29, 0.717) is 24.6 Å². The summed E-state index contributed by atoms with van der Waals surface area (Å²) in [6.45, 7) is 4.30. The van der Waals surface area contributed by atoms with Gasteiger partial charge in [0.05, 0.1) is 25.2 Å². The number of likely N-dealkylation sites (N-methyl/N-ethyl adjacent to an activating group) is 1. The number of piperazine rings is 1. The van der Waals surface area contributed by atoms with E-state index in [0.717, 1.165) is 13.1 Å². The SMILES string of the molecule is COc1ccc(S(=O)(=O)N[C@@H](C)C(=O)N2CCN(C)CC2)cc1OC. The van der Waals surface area contributed by atoms with E-state index in [-0.39, 0.29) is 10.8 Å². The zero-order valence-corrected chi connectivity index (χ0v) is 15.8. The van der Waals surface area contributed by atoms with Gasteiger partial charge in [-0.2, -0.15) is 4.72 Å². The summed E-state index contributed by atoms with van der Waals surface area (Å²) in [7, 11) is 1.04. The van der Waals surface area contributed by atoms with Gasteiger partial charge in [-0.15, -0.1) is 0 Å². The molecule has 0 aliphatic carbocycles. The lowest BCUT2D eigenvalue weighted by molar-refractivity contribution is -0.134. The van der Waals surface area contributed by atoms with Gasteiger partial charge in [-0.3, -0.25) is 4.79 Å². The van der Waals surface area contributed by atoms with Crippen LogP contribution in [0.4, 0.5) is 0 Å². The van der Waals surface area contributed by atoms with E-state index >= 15 is 0 Å². The zero-order chi connectivity index (χ0) is 18.6. The van der Waals surface area contributed by atoms with Crippen molar-refractivity contribution in [1.82, 2.24) is 14.5 Å². The van der Waals surface area contributed by atoms with E-state index in [9.17, 15) is 13.2 Å². The van der Waals surface area contributed by atoms with Crippen LogP contribution in [0, 0.1) is 0 Å². The Hall–Kier alpha value is -1.84. The quantitative estimate of drug-likeness (QED) is 0.766. The van der Waals surface area contributed by atoms with E-state index in [2.05, 4.69) is 9.62 Å². The number of benzene rings is 1. The Balaban J connectivity index is 2.11. The standard InChI is InChI=1S/C16H25N3O5S/c1-12(16(20)19-9-7-18(2)8-10-19)17-25(21,22)13-5-6-14(23-3)15(11-13)24-4/h5-6,11-12,17H,7-10H2,1-4H3/t12-/m0/s1. The molecule has 25 heavy (non-hydrogen) atoms. The van der Waals surface area contributed by atoms with Crippen molar-refractivity contribution in [2.45, 2.75) is 17.9 Å². The minimum Gasteiger partial charge on any atom is -0.493 e. The summed E-state index contributed by atoms with van der Waals surface area (Å²) < 4.78 is 37.8. The number of carbonyl (C=O) groups is 1. The molecule has 1 atom stereocenters. The van der Waals surface area contributed by atoms with Crippen molar-refractivity contribution in [3.63, 3.8) is 0 Å². The van der Waals surface area contributed by atoms with E-state index in [4.69, 9.17) is 9.47 Å². The van der Waals surface area contributed by atoms with Crippen LogP contribution in [-0.2, 0) is 14.8 Å². The van der Waals surface area contributed by atoms with Crippen LogP contribution in [0.25, 0.3) is 0 Å². The van der Waals surface area contributed by atoms with Crippen molar-refractivity contribution in [3.8, 4) is 11.5 Å². The monoisotopic (exact) mass is 371 g/mol. The van der Waals surface area contributed by atoms with Gasteiger partial charge in [-0.25, -0.2) is 8.42 Å². The molecular weight excluding hydrogens is 346 g/mol. The molecule has 1 saturated heterocycles. The van der Waals surface area contributed by atoms with E-state index in [1.165, 1.54) is 32.4 Å². The maximum absolute atomic E-state index is 12.6. The lowest BCUT2D eigenvalue weighted by atomic mass is 10.2. The Morgan fingerprint density at radius 3 is 2.28 bits per heavy atom. The molecular formula is C16H25N3O5S. The number of nitrogens with one attached hydrogen (secondary N) is 1. The highest BCUT2D eigenvalue weighted by atomic mass is 32.2. The van der Waals surface area contributed by atoms with Crippen molar-refractivity contribution in [2.24, 2.45) is 0 Å². The molecule has 0 spiro atoms. The summed E-state index contributed by atoms with van der Waals surface area (Å²) in [4.78, 5) is 16.3. The number of amides is 1. The summed E-state index contributed by atoms with van der Waals surface area (Å²) >= 11 is 0. The first-order chi connectivity index (χ1) is 11.8. The number of sulfonamides is 1. The summed E-state index contributed by atoms with van der Waals surface area (Å²) in [6, 6.07) is 3.45. The molecule has 1 aromatic rings. The second-order valence-electron chi connectivity index (χ2n) is 5.99. The fourth-order valence-electron chi connectivity index (χ4n) is 2.64. The highest BCUT2D eigenvalue weighted by Crippen LogP contribution is 2.29. The van der Waals surface area contributed by atoms with Crippen molar-refractivity contribution in [3.05, 3.63) is 18.2 Å². The molecule has 2 rings (SSSR count). The first kappa shape index (κ1) is 19.5. The van der Waals surface area contributed by atoms with Crippen LogP contribution in [0.1, 0.15) is 6.92 Å². The number of methoxy groups -OCH3 is 2. The van der Waals surface area contributed by atoms with Gasteiger partial charge in [0.25, 0.3) is 0 Å². The maximum atomic E-state index is 12.6. The largest absolute Gasteiger partial charge is 0.493 e. The molecule has 140 valence electrons. The third kappa shape index (κ3) is 4.62. The summed E-state index contributed by atoms with van der Waals surface area (Å²) in [5.74, 6) is 0.517. The molecule has 1 aromatic carbocycles. The summed E-state index contributed by atoms with van der Waals surface area (Å²) in [5.41, 5.74) is 0. The van der Waals surface area contributed by atoms with Crippen LogP contribution < -0.4 is 14.2 Å². The van der Waals surface area contributed by atoms with Crippen molar-refractivity contribution < 1.29 is 22.7 Å². The van der Waals surface area contributed by atoms with E-state index < -0.39 is 16.1 Å². The molecule has 8 nitrogen and oxygen atoms in total. The van der Waals surface area contributed by atoms with Gasteiger partial charge in [0.15, 0.2) is 11.5 Å². The van der Waals surface area contributed by atoms with Gasteiger partial charge >= 0.3 is 0 Å². The Morgan fingerprint density at radius 2 is 1.72 bits per heavy atom. The van der Waals surface area contributed by atoms with E-state index in [1.807, 2.05) is 7.05 Å². The molecule has 1 fully saturated rings. The Labute approximate surface area is 148 Å². The van der Waals surface area contributed by atoms with Gasteiger partial charge in [0, 0.05) is 32.2 Å². The number of rotatable bonds is 6. The van der Waals surface area contributed by atoms with Crippen LogP contribution in [0.2, 0.25) is 0 Å². The second-order valence-corrected chi connectivity index (χ2v) is 7.70. The zero-order valence-electron chi connectivity index (χ0n) is 15.0. The number of hydrogen-bond donors (Lipinski definition) is 1. The smallest absolute Gasteiger partial charge is 0.241 e. The van der Waals surface area contributed by atoms with Gasteiger partial charge in [-0.05, 0) is 26.1 Å². The number of nitrogens with zero attached hydrogens (tertiary/aromatic N) is 2. The average Bonchev–Trinajstić information content (AvgIpc) is 2.60. The Kier molecular flexibility index (Phi) is 6.26. The Bertz CT molecular complexity index is 714. The molecule has 1 aliphatic rings. The van der Waals surface area contributed by atoms with Gasteiger partial charge < -0.3 is 19.3 Å². The number of ether oxygens (including phenoxy) is 2. The van der Waals surface area contributed by atoms with Crippen LogP contribution in [0.3, 0.4) is 0 Å². The highest BCUT2D eigenvalue weighted by Gasteiger charge is 2.28. The molecule has 1 aliphatic heterocycles. The van der Waals surface area contributed by atoms with Crippen molar-refractivity contribution in [1.29, 1.82) is 0 Å². The third-order valence-corrected chi connectivity index (χ3v) is 5.72. The normalized spacial score (nSPS) is 17.2. The fraction of sp³-hybridized carbons (Fsp3) is 0.562. The van der Waals surface area contributed by atoms with Crippen LogP contribution >= 0.6 is 0 Å². The molecule has 0 unspecified atom stereocenters. The molecule has 0 saturated carbocycles. The summed E-state index contributed by atoms with van der Waals surface area (Å²) in [5, 5.41) is 0. The van der Waals surface area contributed by atoms with Crippen molar-refractivity contribution in [2.75, 3.05) is 47.4 Å². The summed E-state index contributed by atoms with van der Waals surface area (Å²) in [6.07, 6.45) is 0. The van der Waals surface area contributed by atoms with Gasteiger partial charge in [0.2, 0.25) is 15.9 Å². The molecule has 1 heterocycles. The molecule has 0 aromatic heterocycles. The molecule has 0 bridgehead atoms. The highest BCUT2D eigenvalue weighted by molar-refractivity contribution is 7.89. The number of hydrogen-bond acceptors (Lipinski definition) is 6. The first-order valence-corrected chi connectivity index (χ1v) is 9.48. The Morgan fingerprint density at radius 1 is 1.12 bits per heavy atom. The van der Waals surface area contributed by atoms with Gasteiger partial charge in [-0.1, -0.05) is 0 Å². The predicted molar refractivity (Wildman–Crippen MR) is 93.4 cm³/mol. The maximum Gasteiger partial charge on any atom is 0.241 e. The average molecular weight is 371 g/mol. The first-order valence-electron chi connectivity index (χ1n) is 8.00. The van der Waals surface area contributed by atoms with Crippen LogP contribution in [0.15, 0.2) is 23.1 Å². The van der Waals surface area contributed by atoms with Crippen LogP contribution in [0.5, 0.6) is 11.5 Å². The molecule has 0 radical (unpaired) electrons. The minimum absolute atomic E-state index is 0.0168. The minimum atomic E-state index is -3.86. The lowest BCUT2D eigenvalue weighted by Gasteiger charge is -2.34. The third-order valence-electron chi connectivity index (χ3n) is 4.18.